The van der Waals surface area contributed by atoms with Crippen molar-refractivity contribution in [2.45, 2.75) is 25.7 Å². The SMILES string of the molecule is c1ccc(C2=C(c3ccc(N4CC5(CCNC5)C4)cc3)c3ccccc3CCC2)cc1. The number of aryl methyl sites for hydroxylation is 1. The average Bonchev–Trinajstić information content (AvgIpc) is 3.22. The molecule has 0 radical (unpaired) electrons. The summed E-state index contributed by atoms with van der Waals surface area (Å²) in [4.78, 5) is 2.55. The molecule has 0 aromatic heterocycles. The second kappa shape index (κ2) is 7.69. The van der Waals surface area contributed by atoms with Gasteiger partial charge in [-0.15, -0.1) is 0 Å². The van der Waals surface area contributed by atoms with Crippen LogP contribution in [0.25, 0.3) is 11.1 Å². The molecular formula is C29H30N2. The standard InChI is InChI=1S/C29H30N2/c1-2-7-22(8-3-1)27-12-6-10-23-9-4-5-11-26(23)28(27)24-13-15-25(16-14-24)31-20-29(21-31)17-18-30-19-29/h1-5,7-9,11,13-16,30H,6,10,12,17-21H2. The van der Waals surface area contributed by atoms with Gasteiger partial charge < -0.3 is 10.2 Å². The summed E-state index contributed by atoms with van der Waals surface area (Å²) < 4.78 is 0. The van der Waals surface area contributed by atoms with Gasteiger partial charge in [-0.3, -0.25) is 0 Å². The summed E-state index contributed by atoms with van der Waals surface area (Å²) in [5.41, 5.74) is 10.4. The van der Waals surface area contributed by atoms with Gasteiger partial charge in [-0.25, -0.2) is 0 Å². The molecule has 0 amide bonds. The Morgan fingerprint density at radius 3 is 2.29 bits per heavy atom. The molecule has 0 saturated carbocycles. The number of fused-ring (bicyclic) bond motifs is 1. The van der Waals surface area contributed by atoms with E-state index in [1.165, 1.54) is 78.1 Å². The third-order valence-electron chi connectivity index (χ3n) is 7.49. The second-order valence-electron chi connectivity index (χ2n) is 9.56. The lowest BCUT2D eigenvalue weighted by Gasteiger charge is -2.49. The molecule has 2 nitrogen and oxygen atoms in total. The Kier molecular flexibility index (Phi) is 4.69. The fraction of sp³-hybridized carbons (Fsp3) is 0.310. The Hall–Kier alpha value is -2.84. The molecule has 2 aliphatic heterocycles. The van der Waals surface area contributed by atoms with Crippen LogP contribution in [0.1, 0.15) is 41.5 Å². The van der Waals surface area contributed by atoms with Crippen LogP contribution in [0.2, 0.25) is 0 Å². The van der Waals surface area contributed by atoms with Gasteiger partial charge in [-0.1, -0.05) is 66.7 Å². The molecule has 2 heteroatoms. The van der Waals surface area contributed by atoms with E-state index >= 15 is 0 Å². The molecule has 1 aliphatic carbocycles. The molecule has 2 heterocycles. The maximum absolute atomic E-state index is 3.54. The van der Waals surface area contributed by atoms with Gasteiger partial charge in [0.25, 0.3) is 0 Å². The van der Waals surface area contributed by atoms with E-state index in [1.807, 2.05) is 0 Å². The van der Waals surface area contributed by atoms with Crippen LogP contribution in [0.5, 0.6) is 0 Å². The number of benzene rings is 3. The molecule has 2 fully saturated rings. The summed E-state index contributed by atoms with van der Waals surface area (Å²) in [6.45, 7) is 4.76. The fourth-order valence-corrected chi connectivity index (χ4v) is 5.83. The molecule has 0 atom stereocenters. The topological polar surface area (TPSA) is 15.3 Å². The molecule has 156 valence electrons. The lowest BCUT2D eigenvalue weighted by molar-refractivity contribution is 0.243. The van der Waals surface area contributed by atoms with Crippen molar-refractivity contribution in [1.82, 2.24) is 5.32 Å². The van der Waals surface area contributed by atoms with E-state index in [1.54, 1.807) is 0 Å². The van der Waals surface area contributed by atoms with Crippen LogP contribution >= 0.6 is 0 Å². The summed E-state index contributed by atoms with van der Waals surface area (Å²) in [6.07, 6.45) is 4.80. The minimum atomic E-state index is 0.530. The lowest BCUT2D eigenvalue weighted by Crippen LogP contribution is -2.57. The number of allylic oxidation sites excluding steroid dienone is 1. The maximum Gasteiger partial charge on any atom is 0.0367 e. The third-order valence-corrected chi connectivity index (χ3v) is 7.49. The first-order valence-electron chi connectivity index (χ1n) is 11.7. The number of nitrogens with one attached hydrogen (secondary N) is 1. The van der Waals surface area contributed by atoms with Crippen molar-refractivity contribution in [2.24, 2.45) is 5.41 Å². The molecule has 0 unspecified atom stereocenters. The van der Waals surface area contributed by atoms with Gasteiger partial charge >= 0.3 is 0 Å². The zero-order chi connectivity index (χ0) is 20.7. The highest BCUT2D eigenvalue weighted by atomic mass is 15.2. The Morgan fingerprint density at radius 1 is 0.742 bits per heavy atom. The van der Waals surface area contributed by atoms with Gasteiger partial charge in [-0.05, 0) is 77.8 Å². The molecule has 31 heavy (non-hydrogen) atoms. The van der Waals surface area contributed by atoms with E-state index in [4.69, 9.17) is 0 Å². The van der Waals surface area contributed by atoms with Crippen molar-refractivity contribution >= 4 is 16.8 Å². The molecule has 6 rings (SSSR count). The van der Waals surface area contributed by atoms with E-state index in [-0.39, 0.29) is 0 Å². The Morgan fingerprint density at radius 2 is 1.52 bits per heavy atom. The predicted molar refractivity (Wildman–Crippen MR) is 130 cm³/mol. The summed E-state index contributed by atoms with van der Waals surface area (Å²) in [5, 5.41) is 3.54. The highest BCUT2D eigenvalue weighted by Gasteiger charge is 2.44. The van der Waals surface area contributed by atoms with Crippen molar-refractivity contribution < 1.29 is 0 Å². The zero-order valence-electron chi connectivity index (χ0n) is 18.1. The smallest absolute Gasteiger partial charge is 0.0367 e. The molecule has 3 aromatic carbocycles. The molecule has 2 saturated heterocycles. The second-order valence-corrected chi connectivity index (χ2v) is 9.56. The van der Waals surface area contributed by atoms with E-state index < -0.39 is 0 Å². The highest BCUT2D eigenvalue weighted by Crippen LogP contribution is 2.42. The molecule has 3 aliphatic rings. The van der Waals surface area contributed by atoms with E-state index in [0.29, 0.717) is 5.41 Å². The monoisotopic (exact) mass is 406 g/mol. The minimum absolute atomic E-state index is 0.530. The Bertz CT molecular complexity index is 1100. The van der Waals surface area contributed by atoms with Gasteiger partial charge in [0.1, 0.15) is 0 Å². The lowest BCUT2D eigenvalue weighted by atomic mass is 9.78. The Labute approximate surface area is 185 Å². The van der Waals surface area contributed by atoms with Crippen molar-refractivity contribution in [3.8, 4) is 0 Å². The highest BCUT2D eigenvalue weighted by molar-refractivity contribution is 6.00. The third kappa shape index (κ3) is 3.40. The molecule has 0 bridgehead atoms. The van der Waals surface area contributed by atoms with Crippen LogP contribution in [0.15, 0.2) is 78.9 Å². The zero-order valence-corrected chi connectivity index (χ0v) is 18.1. The fourth-order valence-electron chi connectivity index (χ4n) is 5.83. The Balaban J connectivity index is 1.39. The van der Waals surface area contributed by atoms with Gasteiger partial charge in [0.05, 0.1) is 0 Å². The van der Waals surface area contributed by atoms with E-state index in [9.17, 15) is 0 Å². The van der Waals surface area contributed by atoms with Crippen LogP contribution < -0.4 is 10.2 Å². The molecular weight excluding hydrogens is 376 g/mol. The van der Waals surface area contributed by atoms with E-state index in [0.717, 1.165) is 12.8 Å². The van der Waals surface area contributed by atoms with Crippen LogP contribution in [0.4, 0.5) is 5.69 Å². The first-order chi connectivity index (χ1) is 15.3. The quantitative estimate of drug-likeness (QED) is 0.593. The van der Waals surface area contributed by atoms with Gasteiger partial charge in [0.15, 0.2) is 0 Å². The maximum atomic E-state index is 3.54. The van der Waals surface area contributed by atoms with Gasteiger partial charge in [-0.2, -0.15) is 0 Å². The van der Waals surface area contributed by atoms with Crippen molar-refractivity contribution in [1.29, 1.82) is 0 Å². The first-order valence-corrected chi connectivity index (χ1v) is 11.7. The number of anilines is 1. The molecule has 1 N–H and O–H groups in total. The minimum Gasteiger partial charge on any atom is -0.370 e. The average molecular weight is 407 g/mol. The largest absolute Gasteiger partial charge is 0.370 e. The van der Waals surface area contributed by atoms with Crippen LogP contribution in [0.3, 0.4) is 0 Å². The summed E-state index contributed by atoms with van der Waals surface area (Å²) in [5.74, 6) is 0. The van der Waals surface area contributed by atoms with Crippen molar-refractivity contribution in [3.63, 3.8) is 0 Å². The number of rotatable bonds is 3. The van der Waals surface area contributed by atoms with Gasteiger partial charge in [0, 0.05) is 30.7 Å². The first kappa shape index (κ1) is 18.9. The van der Waals surface area contributed by atoms with Crippen molar-refractivity contribution in [2.75, 3.05) is 31.1 Å². The van der Waals surface area contributed by atoms with Crippen LogP contribution in [0, 0.1) is 5.41 Å². The number of hydrogen-bond donors (Lipinski definition) is 1. The van der Waals surface area contributed by atoms with E-state index in [2.05, 4.69) is 89.1 Å². The van der Waals surface area contributed by atoms with Crippen LogP contribution in [-0.4, -0.2) is 26.2 Å². The number of hydrogen-bond acceptors (Lipinski definition) is 2. The predicted octanol–water partition coefficient (Wildman–Crippen LogP) is 5.78. The summed E-state index contributed by atoms with van der Waals surface area (Å²) >= 11 is 0. The van der Waals surface area contributed by atoms with Gasteiger partial charge in [0.2, 0.25) is 0 Å². The normalized spacial score (nSPS) is 19.8. The van der Waals surface area contributed by atoms with Crippen LogP contribution in [-0.2, 0) is 6.42 Å². The molecule has 1 spiro atoms. The molecule has 3 aromatic rings. The number of nitrogens with zero attached hydrogens (tertiary/aromatic N) is 1. The van der Waals surface area contributed by atoms with Crippen molar-refractivity contribution in [3.05, 3.63) is 101 Å². The summed E-state index contributed by atoms with van der Waals surface area (Å²) in [7, 11) is 0. The summed E-state index contributed by atoms with van der Waals surface area (Å²) in [6, 6.07) is 29.4.